The highest BCUT2D eigenvalue weighted by molar-refractivity contribution is 5.94. The van der Waals surface area contributed by atoms with Crippen molar-refractivity contribution in [2.75, 3.05) is 0 Å². The number of carboxylic acid groups (broad SMARTS) is 2. The van der Waals surface area contributed by atoms with E-state index >= 15 is 0 Å². The Morgan fingerprint density at radius 1 is 0.579 bits per heavy atom. The summed E-state index contributed by atoms with van der Waals surface area (Å²) in [5.74, 6) is -1.97. The third kappa shape index (κ3) is 14.6. The topological polar surface area (TPSA) is 91.7 Å². The summed E-state index contributed by atoms with van der Waals surface area (Å²) < 4.78 is 0. The molecule has 0 aromatic rings. The average Bonchev–Trinajstić information content (AvgIpc) is 2.30. The molecule has 0 unspecified atom stereocenters. The van der Waals surface area contributed by atoms with E-state index in [1.807, 2.05) is 0 Å². The first-order chi connectivity index (χ1) is 9.02. The molecule has 0 aliphatic carbocycles. The lowest BCUT2D eigenvalue weighted by Gasteiger charge is -2.01. The van der Waals surface area contributed by atoms with Gasteiger partial charge in [0.05, 0.1) is 0 Å². The van der Waals surface area contributed by atoms with Gasteiger partial charge in [-0.25, -0.2) is 0 Å². The zero-order chi connectivity index (χ0) is 14.5. The fraction of sp³-hybridized carbons (Fsp3) is 0.786. The molecule has 0 aliphatic heterocycles. The predicted octanol–water partition coefficient (Wildman–Crippen LogP) is 3.02. The van der Waals surface area contributed by atoms with Gasteiger partial charge >= 0.3 is 11.9 Å². The summed E-state index contributed by atoms with van der Waals surface area (Å²) >= 11 is 0. The van der Waals surface area contributed by atoms with Crippen LogP contribution in [-0.2, 0) is 14.4 Å². The van der Waals surface area contributed by atoms with E-state index in [2.05, 4.69) is 0 Å². The lowest BCUT2D eigenvalue weighted by Crippen LogP contribution is -2.05. The number of ketones is 1. The minimum absolute atomic E-state index is 0.193. The standard InChI is InChI=1S/C14H24O5/c15-12(11-14(18)19)9-7-5-3-1-2-4-6-8-10-13(16)17/h1-11H2,(H,16,17)(H,18,19). The minimum atomic E-state index is -1.05. The maximum atomic E-state index is 11.1. The summed E-state index contributed by atoms with van der Waals surface area (Å²) in [6.07, 6.45) is 8.02. The number of Topliss-reactive ketones (excluding diaryl/α,β-unsaturated/α-hetero) is 1. The van der Waals surface area contributed by atoms with Gasteiger partial charge in [0.25, 0.3) is 0 Å². The molecule has 0 heterocycles. The van der Waals surface area contributed by atoms with E-state index < -0.39 is 11.9 Å². The fourth-order valence-corrected chi connectivity index (χ4v) is 1.92. The molecular weight excluding hydrogens is 248 g/mol. The number of carbonyl (C=O) groups is 3. The van der Waals surface area contributed by atoms with Crippen LogP contribution in [-0.4, -0.2) is 27.9 Å². The van der Waals surface area contributed by atoms with Crippen LogP contribution in [0.3, 0.4) is 0 Å². The summed E-state index contributed by atoms with van der Waals surface area (Å²) in [5, 5.41) is 16.9. The summed E-state index contributed by atoms with van der Waals surface area (Å²) in [6, 6.07) is 0. The van der Waals surface area contributed by atoms with Crippen molar-refractivity contribution in [2.24, 2.45) is 0 Å². The Morgan fingerprint density at radius 3 is 1.42 bits per heavy atom. The molecule has 2 N–H and O–H groups in total. The van der Waals surface area contributed by atoms with Crippen LogP contribution in [0.4, 0.5) is 0 Å². The van der Waals surface area contributed by atoms with Crippen LogP contribution in [0.15, 0.2) is 0 Å². The minimum Gasteiger partial charge on any atom is -0.481 e. The average molecular weight is 272 g/mol. The summed E-state index contributed by atoms with van der Waals surface area (Å²) in [6.45, 7) is 0. The summed E-state index contributed by atoms with van der Waals surface area (Å²) in [4.78, 5) is 31.6. The Kier molecular flexibility index (Phi) is 10.8. The number of carbonyl (C=O) groups excluding carboxylic acids is 1. The van der Waals surface area contributed by atoms with Crippen LogP contribution in [0.5, 0.6) is 0 Å². The van der Waals surface area contributed by atoms with E-state index in [9.17, 15) is 14.4 Å². The second-order valence-electron chi connectivity index (χ2n) is 4.83. The van der Waals surface area contributed by atoms with Crippen LogP contribution in [0.25, 0.3) is 0 Å². The van der Waals surface area contributed by atoms with E-state index in [0.717, 1.165) is 51.4 Å². The molecule has 19 heavy (non-hydrogen) atoms. The normalized spacial score (nSPS) is 10.3. The number of rotatable bonds is 13. The van der Waals surface area contributed by atoms with Crippen molar-refractivity contribution >= 4 is 17.7 Å². The van der Waals surface area contributed by atoms with Gasteiger partial charge in [0.15, 0.2) is 0 Å². The Hall–Kier alpha value is -1.39. The maximum absolute atomic E-state index is 11.1. The first-order valence-corrected chi connectivity index (χ1v) is 6.97. The van der Waals surface area contributed by atoms with Crippen molar-refractivity contribution in [1.29, 1.82) is 0 Å². The van der Waals surface area contributed by atoms with Crippen molar-refractivity contribution in [2.45, 2.75) is 70.6 Å². The Morgan fingerprint density at radius 2 is 1.00 bits per heavy atom. The Bertz CT molecular complexity index is 286. The molecule has 0 saturated heterocycles. The summed E-state index contributed by atoms with van der Waals surface area (Å²) in [7, 11) is 0. The van der Waals surface area contributed by atoms with Gasteiger partial charge in [0.2, 0.25) is 0 Å². The predicted molar refractivity (Wildman–Crippen MR) is 71.1 cm³/mol. The quantitative estimate of drug-likeness (QED) is 0.397. The fourth-order valence-electron chi connectivity index (χ4n) is 1.92. The van der Waals surface area contributed by atoms with Gasteiger partial charge in [0, 0.05) is 12.8 Å². The highest BCUT2D eigenvalue weighted by Gasteiger charge is 2.06. The van der Waals surface area contributed by atoms with E-state index in [1.54, 1.807) is 0 Å². The number of hydrogen-bond donors (Lipinski definition) is 2. The third-order valence-electron chi connectivity index (χ3n) is 2.94. The van der Waals surface area contributed by atoms with Crippen molar-refractivity contribution in [3.05, 3.63) is 0 Å². The second-order valence-corrected chi connectivity index (χ2v) is 4.83. The lowest BCUT2D eigenvalue weighted by molar-refractivity contribution is -0.140. The molecule has 5 nitrogen and oxygen atoms in total. The van der Waals surface area contributed by atoms with Gasteiger partial charge < -0.3 is 10.2 Å². The van der Waals surface area contributed by atoms with Crippen molar-refractivity contribution in [3.63, 3.8) is 0 Å². The van der Waals surface area contributed by atoms with Gasteiger partial charge in [-0.05, 0) is 12.8 Å². The van der Waals surface area contributed by atoms with Crippen LogP contribution < -0.4 is 0 Å². The van der Waals surface area contributed by atoms with Gasteiger partial charge in [-0.3, -0.25) is 14.4 Å². The number of unbranched alkanes of at least 4 members (excludes halogenated alkanes) is 7. The molecule has 0 bridgehead atoms. The number of carboxylic acids is 2. The van der Waals surface area contributed by atoms with Crippen molar-refractivity contribution < 1.29 is 24.6 Å². The molecule has 0 radical (unpaired) electrons. The second kappa shape index (κ2) is 11.7. The van der Waals surface area contributed by atoms with Gasteiger partial charge in [-0.15, -0.1) is 0 Å². The Labute approximate surface area is 114 Å². The van der Waals surface area contributed by atoms with Crippen LogP contribution in [0.1, 0.15) is 70.6 Å². The van der Waals surface area contributed by atoms with E-state index in [-0.39, 0.29) is 18.6 Å². The largest absolute Gasteiger partial charge is 0.481 e. The molecule has 0 aliphatic rings. The molecular formula is C14H24O5. The van der Waals surface area contributed by atoms with E-state index in [4.69, 9.17) is 10.2 Å². The highest BCUT2D eigenvalue weighted by Crippen LogP contribution is 2.11. The first kappa shape index (κ1) is 17.6. The van der Waals surface area contributed by atoms with Gasteiger partial charge in [0.1, 0.15) is 12.2 Å². The van der Waals surface area contributed by atoms with Crippen LogP contribution in [0, 0.1) is 0 Å². The third-order valence-corrected chi connectivity index (χ3v) is 2.94. The smallest absolute Gasteiger partial charge is 0.310 e. The molecule has 0 fully saturated rings. The molecule has 0 aromatic heterocycles. The summed E-state index contributed by atoms with van der Waals surface area (Å²) in [5.41, 5.74) is 0. The van der Waals surface area contributed by atoms with Gasteiger partial charge in [-0.2, -0.15) is 0 Å². The molecule has 0 spiro atoms. The molecule has 0 aromatic carbocycles. The van der Waals surface area contributed by atoms with Crippen LogP contribution >= 0.6 is 0 Å². The SMILES string of the molecule is O=C(O)CCCCCCCCCCC(=O)CC(=O)O. The molecule has 0 atom stereocenters. The van der Waals surface area contributed by atoms with Crippen molar-refractivity contribution in [3.8, 4) is 0 Å². The first-order valence-electron chi connectivity index (χ1n) is 6.97. The zero-order valence-corrected chi connectivity index (χ0v) is 11.4. The number of aliphatic carboxylic acids is 2. The van der Waals surface area contributed by atoms with Crippen LogP contribution in [0.2, 0.25) is 0 Å². The Balaban J connectivity index is 3.17. The molecule has 110 valence electrons. The number of hydrogen-bond acceptors (Lipinski definition) is 3. The van der Waals surface area contributed by atoms with Crippen molar-refractivity contribution in [1.82, 2.24) is 0 Å². The zero-order valence-electron chi connectivity index (χ0n) is 11.4. The highest BCUT2D eigenvalue weighted by atomic mass is 16.4. The molecule has 0 amide bonds. The van der Waals surface area contributed by atoms with E-state index in [1.165, 1.54) is 0 Å². The molecule has 0 saturated carbocycles. The monoisotopic (exact) mass is 272 g/mol. The van der Waals surface area contributed by atoms with E-state index in [0.29, 0.717) is 6.42 Å². The maximum Gasteiger partial charge on any atom is 0.310 e. The molecule has 0 rings (SSSR count). The molecule has 5 heteroatoms. The van der Waals surface area contributed by atoms with Gasteiger partial charge in [-0.1, -0.05) is 38.5 Å². The lowest BCUT2D eigenvalue weighted by atomic mass is 10.0.